The lowest BCUT2D eigenvalue weighted by molar-refractivity contribution is 0.0600. The Morgan fingerprint density at radius 2 is 1.71 bits per heavy atom. The number of carbonyl (C=O) groups excluding carboxylic acids is 2. The fourth-order valence-corrected chi connectivity index (χ4v) is 3.37. The Morgan fingerprint density at radius 1 is 0.968 bits per heavy atom. The summed E-state index contributed by atoms with van der Waals surface area (Å²) in [5.74, 6) is -0.138. The van der Waals surface area contributed by atoms with Crippen LogP contribution in [0.4, 0.5) is 0 Å². The lowest BCUT2D eigenvalue weighted by atomic mass is 10.0. The topological polar surface area (TPSA) is 64.6 Å². The van der Waals surface area contributed by atoms with Crippen molar-refractivity contribution in [2.45, 2.75) is 19.6 Å². The van der Waals surface area contributed by atoms with Crippen LogP contribution >= 0.6 is 23.2 Å². The average molecular weight is 458 g/mol. The number of rotatable bonds is 7. The number of halogens is 2. The molecule has 7 heteroatoms. The molecule has 0 spiro atoms. The number of nitrogens with one attached hydrogen (secondary N) is 1. The second-order valence-corrected chi connectivity index (χ2v) is 7.73. The smallest absolute Gasteiger partial charge is 0.337 e. The van der Waals surface area contributed by atoms with Gasteiger partial charge in [-0.15, -0.1) is 0 Å². The second-order valence-electron chi connectivity index (χ2n) is 6.86. The Balaban J connectivity index is 1.76. The van der Waals surface area contributed by atoms with Crippen LogP contribution in [0.5, 0.6) is 5.75 Å². The number of ether oxygens (including phenoxy) is 2. The van der Waals surface area contributed by atoms with Crippen LogP contribution in [0.2, 0.25) is 10.0 Å². The van der Waals surface area contributed by atoms with Gasteiger partial charge in [0.05, 0.1) is 18.7 Å². The summed E-state index contributed by atoms with van der Waals surface area (Å²) in [6.07, 6.45) is 0. The van der Waals surface area contributed by atoms with Gasteiger partial charge in [-0.2, -0.15) is 0 Å². The Hall–Kier alpha value is -3.02. The van der Waals surface area contributed by atoms with E-state index in [4.69, 9.17) is 32.7 Å². The van der Waals surface area contributed by atoms with E-state index < -0.39 is 5.97 Å². The van der Waals surface area contributed by atoms with Crippen molar-refractivity contribution in [1.82, 2.24) is 5.32 Å². The van der Waals surface area contributed by atoms with Gasteiger partial charge in [0.15, 0.2) is 0 Å². The zero-order valence-electron chi connectivity index (χ0n) is 17.0. The van der Waals surface area contributed by atoms with Crippen molar-refractivity contribution in [3.63, 3.8) is 0 Å². The standard InChI is InChI=1S/C24H21Cl2NO4/c1-15(16-5-3-6-17(11-16)24(29)30-2)27-23(28)22-13-20(26)10-9-18(22)14-31-21-8-4-7-19(25)12-21/h3-13,15H,14H2,1-2H3,(H,27,28)/t15-/m0/s1. The molecule has 31 heavy (non-hydrogen) atoms. The summed E-state index contributed by atoms with van der Waals surface area (Å²) in [5, 5.41) is 3.95. The Kier molecular flexibility index (Phi) is 7.55. The van der Waals surface area contributed by atoms with Gasteiger partial charge < -0.3 is 14.8 Å². The van der Waals surface area contributed by atoms with Gasteiger partial charge in [0.25, 0.3) is 5.91 Å². The van der Waals surface area contributed by atoms with Gasteiger partial charge in [0, 0.05) is 21.2 Å². The van der Waals surface area contributed by atoms with Crippen molar-refractivity contribution in [1.29, 1.82) is 0 Å². The van der Waals surface area contributed by atoms with E-state index in [-0.39, 0.29) is 18.6 Å². The average Bonchev–Trinajstić information content (AvgIpc) is 2.77. The van der Waals surface area contributed by atoms with Crippen LogP contribution < -0.4 is 10.1 Å². The second kappa shape index (κ2) is 10.3. The van der Waals surface area contributed by atoms with Gasteiger partial charge in [-0.25, -0.2) is 4.79 Å². The molecule has 160 valence electrons. The molecule has 0 aliphatic carbocycles. The molecule has 0 saturated carbocycles. The van der Waals surface area contributed by atoms with Crippen LogP contribution in [0, 0.1) is 0 Å². The van der Waals surface area contributed by atoms with Gasteiger partial charge in [0.2, 0.25) is 0 Å². The maximum absolute atomic E-state index is 13.0. The Bertz CT molecular complexity index is 1100. The molecule has 3 aromatic carbocycles. The molecule has 1 N–H and O–H groups in total. The molecule has 0 bridgehead atoms. The molecule has 1 atom stereocenters. The lowest BCUT2D eigenvalue weighted by Gasteiger charge is -2.17. The minimum absolute atomic E-state index is 0.173. The van der Waals surface area contributed by atoms with E-state index in [1.807, 2.05) is 13.0 Å². The molecule has 0 heterocycles. The highest BCUT2D eigenvalue weighted by Crippen LogP contribution is 2.22. The fraction of sp³-hybridized carbons (Fsp3) is 0.167. The minimum atomic E-state index is -0.435. The number of amides is 1. The van der Waals surface area contributed by atoms with Crippen molar-refractivity contribution in [2.75, 3.05) is 7.11 Å². The van der Waals surface area contributed by atoms with E-state index >= 15 is 0 Å². The van der Waals surface area contributed by atoms with Crippen molar-refractivity contribution in [3.8, 4) is 5.75 Å². The van der Waals surface area contributed by atoms with Crippen molar-refractivity contribution in [2.24, 2.45) is 0 Å². The summed E-state index contributed by atoms with van der Waals surface area (Å²) in [4.78, 5) is 24.8. The van der Waals surface area contributed by atoms with E-state index in [1.54, 1.807) is 60.7 Å². The summed E-state index contributed by atoms with van der Waals surface area (Å²) < 4.78 is 10.5. The van der Waals surface area contributed by atoms with Crippen molar-refractivity contribution >= 4 is 35.1 Å². The van der Waals surface area contributed by atoms with Crippen LogP contribution in [-0.2, 0) is 11.3 Å². The first-order valence-corrected chi connectivity index (χ1v) is 10.3. The zero-order valence-corrected chi connectivity index (χ0v) is 18.5. The monoisotopic (exact) mass is 457 g/mol. The zero-order chi connectivity index (χ0) is 22.4. The quantitative estimate of drug-likeness (QED) is 0.451. The molecule has 0 radical (unpaired) electrons. The fourth-order valence-electron chi connectivity index (χ4n) is 3.01. The molecule has 0 aliphatic rings. The van der Waals surface area contributed by atoms with E-state index in [0.717, 1.165) is 5.56 Å². The third-order valence-electron chi connectivity index (χ3n) is 4.66. The molecule has 3 rings (SSSR count). The van der Waals surface area contributed by atoms with E-state index in [2.05, 4.69) is 5.32 Å². The normalized spacial score (nSPS) is 11.5. The highest BCUT2D eigenvalue weighted by Gasteiger charge is 2.17. The Morgan fingerprint density at radius 3 is 2.45 bits per heavy atom. The first kappa shape index (κ1) is 22.7. The van der Waals surface area contributed by atoms with Gasteiger partial charge >= 0.3 is 5.97 Å². The summed E-state index contributed by atoms with van der Waals surface area (Å²) in [6, 6.07) is 18.7. The highest BCUT2D eigenvalue weighted by atomic mass is 35.5. The largest absolute Gasteiger partial charge is 0.489 e. The number of carbonyl (C=O) groups is 2. The van der Waals surface area contributed by atoms with Crippen LogP contribution in [0.3, 0.4) is 0 Å². The number of hydrogen-bond acceptors (Lipinski definition) is 4. The lowest BCUT2D eigenvalue weighted by Crippen LogP contribution is -2.28. The molecule has 0 fully saturated rings. The maximum Gasteiger partial charge on any atom is 0.337 e. The first-order valence-electron chi connectivity index (χ1n) is 9.53. The molecule has 0 aliphatic heterocycles. The van der Waals surface area contributed by atoms with Crippen molar-refractivity contribution < 1.29 is 19.1 Å². The molecule has 5 nitrogen and oxygen atoms in total. The van der Waals surface area contributed by atoms with Crippen LogP contribution in [0.25, 0.3) is 0 Å². The predicted octanol–water partition coefficient (Wildman–Crippen LogP) is 5.85. The summed E-state index contributed by atoms with van der Waals surface area (Å²) in [6.45, 7) is 2.01. The van der Waals surface area contributed by atoms with Crippen LogP contribution in [-0.4, -0.2) is 19.0 Å². The molecule has 0 saturated heterocycles. The van der Waals surface area contributed by atoms with Gasteiger partial charge in [-0.05, 0) is 55.0 Å². The number of esters is 1. The van der Waals surface area contributed by atoms with E-state index in [9.17, 15) is 9.59 Å². The molecule has 0 aromatic heterocycles. The predicted molar refractivity (Wildman–Crippen MR) is 121 cm³/mol. The third-order valence-corrected chi connectivity index (χ3v) is 5.13. The molecule has 3 aromatic rings. The Labute approximate surface area is 190 Å². The highest BCUT2D eigenvalue weighted by molar-refractivity contribution is 6.31. The SMILES string of the molecule is COC(=O)c1cccc([C@H](C)NC(=O)c2cc(Cl)ccc2COc2cccc(Cl)c2)c1. The minimum Gasteiger partial charge on any atom is -0.489 e. The maximum atomic E-state index is 13.0. The first-order chi connectivity index (χ1) is 14.9. The van der Waals surface area contributed by atoms with Gasteiger partial charge in [0.1, 0.15) is 12.4 Å². The van der Waals surface area contributed by atoms with Crippen molar-refractivity contribution in [3.05, 3.63) is 99.0 Å². The summed E-state index contributed by atoms with van der Waals surface area (Å²) in [7, 11) is 1.33. The van der Waals surface area contributed by atoms with E-state index in [0.29, 0.717) is 32.5 Å². The van der Waals surface area contributed by atoms with E-state index in [1.165, 1.54) is 7.11 Å². The third kappa shape index (κ3) is 6.00. The number of benzene rings is 3. The number of hydrogen-bond donors (Lipinski definition) is 1. The van der Waals surface area contributed by atoms with Crippen LogP contribution in [0.1, 0.15) is 44.8 Å². The summed E-state index contributed by atoms with van der Waals surface area (Å²) in [5.41, 5.74) is 2.28. The number of methoxy groups -OCH3 is 1. The molecular weight excluding hydrogens is 437 g/mol. The van der Waals surface area contributed by atoms with Gasteiger partial charge in [-0.3, -0.25) is 4.79 Å². The molecule has 1 amide bonds. The molecular formula is C24H21Cl2NO4. The molecule has 0 unspecified atom stereocenters. The van der Waals surface area contributed by atoms with Gasteiger partial charge in [-0.1, -0.05) is 47.5 Å². The summed E-state index contributed by atoms with van der Waals surface area (Å²) >= 11 is 12.1. The van der Waals surface area contributed by atoms with Crippen LogP contribution in [0.15, 0.2) is 66.7 Å².